The van der Waals surface area contributed by atoms with Crippen LogP contribution >= 0.6 is 0 Å². The molecule has 4 N–H and O–H groups in total. The van der Waals surface area contributed by atoms with Gasteiger partial charge in [0.1, 0.15) is 0 Å². The van der Waals surface area contributed by atoms with E-state index in [-0.39, 0.29) is 13.1 Å². The smallest absolute Gasteiger partial charge is 0.333 e. The lowest BCUT2D eigenvalue weighted by Gasteiger charge is -1.97. The average molecular weight is 148 g/mol. The Morgan fingerprint density at radius 3 is 2.70 bits per heavy atom. The first kappa shape index (κ1) is 8.63. The van der Waals surface area contributed by atoms with Crippen LogP contribution in [0.1, 0.15) is 0 Å². The molecular formula is C3H8N4O3. The lowest BCUT2D eigenvalue weighted by molar-refractivity contribution is -0.527. The summed E-state index contributed by atoms with van der Waals surface area (Å²) < 4.78 is 0. The predicted octanol–water partition coefficient (Wildman–Crippen LogP) is -1.56. The highest BCUT2D eigenvalue weighted by Crippen LogP contribution is 1.62. The molecule has 0 heterocycles. The van der Waals surface area contributed by atoms with Crippen molar-refractivity contribution in [1.29, 1.82) is 0 Å². The van der Waals surface area contributed by atoms with E-state index >= 15 is 0 Å². The van der Waals surface area contributed by atoms with Gasteiger partial charge in [0, 0.05) is 13.1 Å². The Kier molecular flexibility index (Phi) is 3.89. The number of nitrogens with zero attached hydrogens (tertiary/aromatic N) is 1. The van der Waals surface area contributed by atoms with Gasteiger partial charge in [0.25, 0.3) is 0 Å². The van der Waals surface area contributed by atoms with Gasteiger partial charge in [-0.2, -0.15) is 0 Å². The molecule has 0 aliphatic carbocycles. The van der Waals surface area contributed by atoms with Gasteiger partial charge in [0.15, 0.2) is 5.03 Å². The number of nitrogens with two attached hydrogens (primary N) is 1. The predicted molar refractivity (Wildman–Crippen MR) is 32.6 cm³/mol. The van der Waals surface area contributed by atoms with Gasteiger partial charge in [0.05, 0.1) is 0 Å². The summed E-state index contributed by atoms with van der Waals surface area (Å²) in [6.45, 7) is 0.477. The molecule has 0 atom stereocenters. The molecule has 0 rings (SSSR count). The van der Waals surface area contributed by atoms with Gasteiger partial charge >= 0.3 is 6.03 Å². The number of hydrogen-bond acceptors (Lipinski definition) is 4. The highest BCUT2D eigenvalue weighted by molar-refractivity contribution is 5.72. The summed E-state index contributed by atoms with van der Waals surface area (Å²) in [5, 5.41) is 10.8. The van der Waals surface area contributed by atoms with Gasteiger partial charge in [-0.05, 0) is 0 Å². The average Bonchev–Trinajstić information content (AvgIpc) is 1.82. The van der Waals surface area contributed by atoms with E-state index in [9.17, 15) is 14.9 Å². The van der Waals surface area contributed by atoms with Crippen molar-refractivity contribution in [2.75, 3.05) is 13.1 Å². The van der Waals surface area contributed by atoms with Gasteiger partial charge in [-0.15, -0.1) is 0 Å². The van der Waals surface area contributed by atoms with Gasteiger partial charge in [-0.1, -0.05) is 5.43 Å². The second-order valence-electron chi connectivity index (χ2n) is 1.41. The Morgan fingerprint density at radius 1 is 1.70 bits per heavy atom. The molecule has 58 valence electrons. The van der Waals surface area contributed by atoms with Crippen LogP contribution in [-0.2, 0) is 0 Å². The monoisotopic (exact) mass is 148 g/mol. The van der Waals surface area contributed by atoms with E-state index in [0.29, 0.717) is 0 Å². The maximum absolute atomic E-state index is 10.3. The highest BCUT2D eigenvalue weighted by atomic mass is 16.7. The minimum Gasteiger partial charge on any atom is -0.333 e. The summed E-state index contributed by atoms with van der Waals surface area (Å²) in [4.78, 5) is 19.9. The first-order valence-corrected chi connectivity index (χ1v) is 2.55. The van der Waals surface area contributed by atoms with Gasteiger partial charge in [0.2, 0.25) is 0 Å². The molecule has 0 radical (unpaired) electrons. The molecule has 0 fully saturated rings. The van der Waals surface area contributed by atoms with E-state index in [1.54, 1.807) is 0 Å². The van der Waals surface area contributed by atoms with Crippen molar-refractivity contribution in [2.24, 2.45) is 5.73 Å². The van der Waals surface area contributed by atoms with E-state index in [0.717, 1.165) is 0 Å². The fraction of sp³-hybridized carbons (Fsp3) is 0.667. The number of hydrazine groups is 1. The van der Waals surface area contributed by atoms with Crippen LogP contribution in [0.2, 0.25) is 0 Å². The Bertz CT molecular complexity index is 136. The Balaban J connectivity index is 3.35. The van der Waals surface area contributed by atoms with Crippen molar-refractivity contribution < 1.29 is 9.83 Å². The quantitative estimate of drug-likeness (QED) is 0.332. The molecule has 0 saturated carbocycles. The highest BCUT2D eigenvalue weighted by Gasteiger charge is 2.03. The lowest BCUT2D eigenvalue weighted by Crippen LogP contribution is -2.40. The van der Waals surface area contributed by atoms with E-state index < -0.39 is 11.1 Å². The summed E-state index contributed by atoms with van der Waals surface area (Å²) >= 11 is 0. The van der Waals surface area contributed by atoms with Crippen LogP contribution in [0.15, 0.2) is 0 Å². The van der Waals surface area contributed by atoms with Gasteiger partial charge in [-0.3, -0.25) is 0 Å². The molecule has 0 bridgehead atoms. The zero-order valence-corrected chi connectivity index (χ0v) is 5.16. The number of carbonyl (C=O) groups excluding carboxylic acids is 1. The van der Waals surface area contributed by atoms with Crippen molar-refractivity contribution in [2.45, 2.75) is 0 Å². The van der Waals surface area contributed by atoms with Crippen LogP contribution < -0.4 is 16.5 Å². The second kappa shape index (κ2) is 4.50. The van der Waals surface area contributed by atoms with Crippen LogP contribution in [0.3, 0.4) is 0 Å². The zero-order valence-electron chi connectivity index (χ0n) is 5.16. The number of carbonyl (C=O) groups is 1. The van der Waals surface area contributed by atoms with E-state index in [1.165, 1.54) is 5.43 Å². The number of hydrogen-bond donors (Lipinski definition) is 3. The first-order valence-electron chi connectivity index (χ1n) is 2.55. The van der Waals surface area contributed by atoms with E-state index in [2.05, 4.69) is 5.32 Å². The van der Waals surface area contributed by atoms with Crippen molar-refractivity contribution >= 4 is 6.03 Å². The minimum absolute atomic E-state index is 0.222. The molecule has 0 unspecified atom stereocenters. The van der Waals surface area contributed by atoms with Gasteiger partial charge < -0.3 is 11.1 Å². The third-order valence-electron chi connectivity index (χ3n) is 0.623. The molecule has 7 nitrogen and oxygen atoms in total. The number of rotatable bonds is 3. The van der Waals surface area contributed by atoms with Crippen LogP contribution in [0.25, 0.3) is 0 Å². The first-order chi connectivity index (χ1) is 4.66. The van der Waals surface area contributed by atoms with Crippen LogP contribution in [0.5, 0.6) is 0 Å². The van der Waals surface area contributed by atoms with Crippen molar-refractivity contribution in [3.05, 3.63) is 10.1 Å². The lowest BCUT2D eigenvalue weighted by atomic mass is 10.6. The third-order valence-corrected chi connectivity index (χ3v) is 0.623. The van der Waals surface area contributed by atoms with E-state index in [4.69, 9.17) is 5.73 Å². The van der Waals surface area contributed by atoms with Crippen molar-refractivity contribution in [3.63, 3.8) is 0 Å². The summed E-state index contributed by atoms with van der Waals surface area (Å²) in [5.74, 6) is 0. The SMILES string of the molecule is NCCNC(=O)N[N+](=O)[O-]. The molecule has 0 spiro atoms. The fourth-order valence-electron chi connectivity index (χ4n) is 0.308. The standard InChI is InChI=1S/C3H8N4O3/c4-1-2-5-3(8)6-7(9)10/h1-2,4H2,(H2,5,6,8). The zero-order chi connectivity index (χ0) is 7.98. The topological polar surface area (TPSA) is 110 Å². The Labute approximate surface area is 56.7 Å². The van der Waals surface area contributed by atoms with Crippen LogP contribution in [0.4, 0.5) is 4.79 Å². The van der Waals surface area contributed by atoms with Crippen molar-refractivity contribution in [3.8, 4) is 0 Å². The summed E-state index contributed by atoms with van der Waals surface area (Å²) in [7, 11) is 0. The fourth-order valence-corrected chi connectivity index (χ4v) is 0.308. The molecule has 0 aromatic rings. The Hall–Kier alpha value is -1.37. The number of nitro groups is 1. The molecule has 0 aromatic carbocycles. The number of amides is 2. The van der Waals surface area contributed by atoms with Crippen molar-refractivity contribution in [1.82, 2.24) is 10.7 Å². The molecule has 10 heavy (non-hydrogen) atoms. The minimum atomic E-state index is -0.939. The molecule has 0 aromatic heterocycles. The summed E-state index contributed by atoms with van der Waals surface area (Å²) in [6.07, 6.45) is 0. The normalized spacial score (nSPS) is 8.50. The van der Waals surface area contributed by atoms with Crippen LogP contribution in [-0.4, -0.2) is 24.2 Å². The molecule has 0 saturated heterocycles. The number of nitrogens with one attached hydrogen (secondary N) is 2. The summed E-state index contributed by atoms with van der Waals surface area (Å²) in [5.41, 5.74) is 6.39. The second-order valence-corrected chi connectivity index (χ2v) is 1.41. The van der Waals surface area contributed by atoms with Crippen LogP contribution in [0, 0.1) is 10.1 Å². The Morgan fingerprint density at radius 2 is 2.30 bits per heavy atom. The maximum Gasteiger partial charge on any atom is 0.372 e. The largest absolute Gasteiger partial charge is 0.372 e. The van der Waals surface area contributed by atoms with E-state index in [1.807, 2.05) is 0 Å². The molecule has 0 aliphatic rings. The third kappa shape index (κ3) is 4.78. The molecule has 2 amide bonds. The maximum atomic E-state index is 10.3. The molecular weight excluding hydrogens is 140 g/mol. The molecule has 0 aliphatic heterocycles. The molecule has 7 heteroatoms. The van der Waals surface area contributed by atoms with Gasteiger partial charge in [-0.25, -0.2) is 14.9 Å². The number of urea groups is 1. The summed E-state index contributed by atoms with van der Waals surface area (Å²) in [6, 6.07) is -0.851.